The highest BCUT2D eigenvalue weighted by molar-refractivity contribution is 5.80. The van der Waals surface area contributed by atoms with E-state index in [2.05, 4.69) is 49.1 Å². The number of rotatable bonds is 6. The zero-order valence-corrected chi connectivity index (χ0v) is 15.4. The van der Waals surface area contributed by atoms with Crippen LogP contribution in [0.3, 0.4) is 0 Å². The predicted octanol–water partition coefficient (Wildman–Crippen LogP) is 2.91. The summed E-state index contributed by atoms with van der Waals surface area (Å²) in [4.78, 5) is 16.1. The Morgan fingerprint density at radius 2 is 2.04 bits per heavy atom. The van der Waals surface area contributed by atoms with Crippen LogP contribution in [0.2, 0.25) is 0 Å². The lowest BCUT2D eigenvalue weighted by atomic mass is 10.0. The number of hydrogen-bond donors (Lipinski definition) is 0. The van der Waals surface area contributed by atoms with Crippen LogP contribution in [0.25, 0.3) is 5.57 Å². The van der Waals surface area contributed by atoms with E-state index in [1.54, 1.807) is 19.0 Å². The summed E-state index contributed by atoms with van der Waals surface area (Å²) in [5.41, 5.74) is 2.60. The molecule has 1 unspecified atom stereocenters. The van der Waals surface area contributed by atoms with Gasteiger partial charge in [0.05, 0.1) is 6.61 Å². The van der Waals surface area contributed by atoms with E-state index in [1.165, 1.54) is 11.1 Å². The van der Waals surface area contributed by atoms with E-state index in [1.807, 2.05) is 6.07 Å². The molecule has 0 radical (unpaired) electrons. The van der Waals surface area contributed by atoms with Crippen molar-refractivity contribution in [2.24, 2.45) is 5.92 Å². The van der Waals surface area contributed by atoms with Crippen molar-refractivity contribution in [2.45, 2.75) is 26.4 Å². The number of nitrogens with zero attached hydrogens (tertiary/aromatic N) is 2. The number of carbonyl (C=O) groups is 1. The molecule has 24 heavy (non-hydrogen) atoms. The van der Waals surface area contributed by atoms with Crippen LogP contribution in [0, 0.1) is 5.92 Å². The molecule has 1 amide bonds. The second kappa shape index (κ2) is 9.00. The molecule has 132 valence electrons. The molecule has 0 saturated carbocycles. The van der Waals surface area contributed by atoms with Crippen LogP contribution in [0.4, 0.5) is 0 Å². The first-order valence-corrected chi connectivity index (χ1v) is 8.77. The highest BCUT2D eigenvalue weighted by Crippen LogP contribution is 2.20. The molecule has 0 bridgehead atoms. The molecule has 0 aromatic heterocycles. The smallest absolute Gasteiger partial charge is 0.252 e. The minimum absolute atomic E-state index is 0.0483. The predicted molar refractivity (Wildman–Crippen MR) is 98.7 cm³/mol. The number of allylic oxidation sites excluding steroid dienone is 1. The highest BCUT2D eigenvalue weighted by atomic mass is 16.5. The molecule has 1 atom stereocenters. The summed E-state index contributed by atoms with van der Waals surface area (Å²) in [5.74, 6) is 0.684. The van der Waals surface area contributed by atoms with Gasteiger partial charge in [-0.25, -0.2) is 0 Å². The van der Waals surface area contributed by atoms with Gasteiger partial charge in [0.25, 0.3) is 5.91 Å². The zero-order valence-electron chi connectivity index (χ0n) is 15.4. The fourth-order valence-electron chi connectivity index (χ4n) is 2.83. The SMILES string of the molecule is CC(C)CC=C(CN1CCOC(C(=O)N(C)C)C1)c1ccccc1. The van der Waals surface area contributed by atoms with Gasteiger partial charge >= 0.3 is 0 Å². The van der Waals surface area contributed by atoms with E-state index in [9.17, 15) is 4.79 Å². The van der Waals surface area contributed by atoms with E-state index in [-0.39, 0.29) is 12.0 Å². The molecule has 0 aliphatic carbocycles. The summed E-state index contributed by atoms with van der Waals surface area (Å²) >= 11 is 0. The summed E-state index contributed by atoms with van der Waals surface area (Å²) in [5, 5.41) is 0. The van der Waals surface area contributed by atoms with Crippen molar-refractivity contribution in [1.82, 2.24) is 9.80 Å². The van der Waals surface area contributed by atoms with Crippen LogP contribution >= 0.6 is 0 Å². The maximum Gasteiger partial charge on any atom is 0.252 e. The van der Waals surface area contributed by atoms with Gasteiger partial charge < -0.3 is 9.64 Å². The molecule has 1 aliphatic rings. The van der Waals surface area contributed by atoms with Crippen LogP contribution in [0.1, 0.15) is 25.8 Å². The fourth-order valence-corrected chi connectivity index (χ4v) is 2.83. The van der Waals surface area contributed by atoms with E-state index in [4.69, 9.17) is 4.74 Å². The van der Waals surface area contributed by atoms with Gasteiger partial charge in [0, 0.05) is 33.7 Å². The van der Waals surface area contributed by atoms with Gasteiger partial charge in [0.1, 0.15) is 6.10 Å². The average Bonchev–Trinajstić information content (AvgIpc) is 2.58. The summed E-state index contributed by atoms with van der Waals surface area (Å²) < 4.78 is 5.66. The third-order valence-electron chi connectivity index (χ3n) is 4.24. The van der Waals surface area contributed by atoms with Gasteiger partial charge in [0.15, 0.2) is 0 Å². The van der Waals surface area contributed by atoms with Crippen LogP contribution in [0.15, 0.2) is 36.4 Å². The molecular formula is C20H30N2O2. The lowest BCUT2D eigenvalue weighted by Gasteiger charge is -2.34. The first-order chi connectivity index (χ1) is 11.5. The van der Waals surface area contributed by atoms with Crippen molar-refractivity contribution >= 4 is 11.5 Å². The van der Waals surface area contributed by atoms with E-state index < -0.39 is 0 Å². The number of amides is 1. The van der Waals surface area contributed by atoms with E-state index >= 15 is 0 Å². The van der Waals surface area contributed by atoms with Crippen LogP contribution in [-0.4, -0.2) is 62.1 Å². The Kier molecular flexibility index (Phi) is 7.00. The minimum atomic E-state index is -0.351. The van der Waals surface area contributed by atoms with Crippen LogP contribution < -0.4 is 0 Å². The standard InChI is InChI=1S/C20H30N2O2/c1-16(2)10-11-18(17-8-6-5-7-9-17)14-22-12-13-24-19(15-22)20(23)21(3)4/h5-9,11,16,19H,10,12-15H2,1-4H3. The Bertz CT molecular complexity index is 552. The maximum absolute atomic E-state index is 12.2. The minimum Gasteiger partial charge on any atom is -0.366 e. The average molecular weight is 330 g/mol. The Labute approximate surface area is 146 Å². The monoisotopic (exact) mass is 330 g/mol. The normalized spacial score (nSPS) is 19.5. The third-order valence-corrected chi connectivity index (χ3v) is 4.24. The lowest BCUT2D eigenvalue weighted by Crippen LogP contribution is -2.49. The Morgan fingerprint density at radius 1 is 1.33 bits per heavy atom. The topological polar surface area (TPSA) is 32.8 Å². The van der Waals surface area contributed by atoms with Gasteiger partial charge in [-0.1, -0.05) is 50.3 Å². The van der Waals surface area contributed by atoms with Crippen molar-refractivity contribution in [1.29, 1.82) is 0 Å². The van der Waals surface area contributed by atoms with Gasteiger partial charge in [-0.3, -0.25) is 9.69 Å². The molecule has 2 rings (SSSR count). The van der Waals surface area contributed by atoms with E-state index in [0.717, 1.165) is 19.5 Å². The summed E-state index contributed by atoms with van der Waals surface area (Å²) in [6.45, 7) is 7.46. The molecule has 1 aromatic rings. The molecule has 1 aromatic carbocycles. The third kappa shape index (κ3) is 5.46. The molecule has 1 heterocycles. The molecule has 1 fully saturated rings. The second-order valence-electron chi connectivity index (χ2n) is 7.05. The van der Waals surface area contributed by atoms with Crippen molar-refractivity contribution in [3.05, 3.63) is 42.0 Å². The number of carbonyl (C=O) groups excluding carboxylic acids is 1. The Morgan fingerprint density at radius 3 is 2.67 bits per heavy atom. The molecule has 0 spiro atoms. The molecule has 0 N–H and O–H groups in total. The molecule has 4 nitrogen and oxygen atoms in total. The molecular weight excluding hydrogens is 300 g/mol. The number of ether oxygens (including phenoxy) is 1. The lowest BCUT2D eigenvalue weighted by molar-refractivity contribution is -0.146. The Hall–Kier alpha value is -1.65. The van der Waals surface area contributed by atoms with Gasteiger partial charge in [-0.2, -0.15) is 0 Å². The van der Waals surface area contributed by atoms with E-state index in [0.29, 0.717) is 19.1 Å². The number of morpholine rings is 1. The van der Waals surface area contributed by atoms with Gasteiger partial charge in [-0.15, -0.1) is 0 Å². The largest absolute Gasteiger partial charge is 0.366 e. The second-order valence-corrected chi connectivity index (χ2v) is 7.05. The van der Waals surface area contributed by atoms with Crippen molar-refractivity contribution < 1.29 is 9.53 Å². The summed E-state index contributed by atoms with van der Waals surface area (Å²) in [7, 11) is 3.56. The van der Waals surface area contributed by atoms with Crippen molar-refractivity contribution in [2.75, 3.05) is 40.3 Å². The maximum atomic E-state index is 12.2. The van der Waals surface area contributed by atoms with Crippen LogP contribution in [-0.2, 0) is 9.53 Å². The van der Waals surface area contributed by atoms with Crippen molar-refractivity contribution in [3.63, 3.8) is 0 Å². The molecule has 1 aliphatic heterocycles. The van der Waals surface area contributed by atoms with Gasteiger partial charge in [0.2, 0.25) is 0 Å². The fraction of sp³-hybridized carbons (Fsp3) is 0.550. The van der Waals surface area contributed by atoms with Gasteiger partial charge in [-0.05, 0) is 23.5 Å². The quantitative estimate of drug-likeness (QED) is 0.804. The number of benzene rings is 1. The Balaban J connectivity index is 2.08. The zero-order chi connectivity index (χ0) is 17.5. The summed E-state index contributed by atoms with van der Waals surface area (Å²) in [6, 6.07) is 10.5. The highest BCUT2D eigenvalue weighted by Gasteiger charge is 2.28. The summed E-state index contributed by atoms with van der Waals surface area (Å²) in [6.07, 6.45) is 3.06. The number of likely N-dealkylation sites (N-methyl/N-ethyl adjacent to an activating group) is 1. The first kappa shape index (κ1) is 18.7. The van der Waals surface area contributed by atoms with Crippen molar-refractivity contribution in [3.8, 4) is 0 Å². The van der Waals surface area contributed by atoms with Crippen LogP contribution in [0.5, 0.6) is 0 Å². The number of hydrogen-bond acceptors (Lipinski definition) is 3. The molecule has 1 saturated heterocycles. The first-order valence-electron chi connectivity index (χ1n) is 8.77. The molecule has 4 heteroatoms.